The Morgan fingerprint density at radius 3 is 2.37 bits per heavy atom. The topological polar surface area (TPSA) is 96.3 Å². The average Bonchev–Trinajstić information content (AvgIpc) is 3.02. The molecule has 0 unspecified atom stereocenters. The molecule has 30 heavy (non-hydrogen) atoms. The number of benzene rings is 2. The molecule has 7 nitrogen and oxygen atoms in total. The van der Waals surface area contributed by atoms with E-state index in [-0.39, 0.29) is 37.7 Å². The van der Waals surface area contributed by atoms with Gasteiger partial charge in [-0.2, -0.15) is 0 Å². The highest BCUT2D eigenvalue weighted by molar-refractivity contribution is 6.46. The predicted molar refractivity (Wildman–Crippen MR) is 111 cm³/mol. The Kier molecular flexibility index (Phi) is 7.21. The van der Waals surface area contributed by atoms with Crippen molar-refractivity contribution in [1.82, 2.24) is 4.90 Å². The predicted octanol–water partition coefficient (Wildman–Crippen LogP) is 2.52. The average molecular weight is 411 g/mol. The SMILES string of the molecule is CCOc1ccc(C(O)=C2C(=O)C(=O)N(CCOCCO)[C@@H]2c2ccccc2)cc1. The van der Waals surface area contributed by atoms with Crippen LogP contribution in [-0.2, 0) is 14.3 Å². The number of hydrogen-bond acceptors (Lipinski definition) is 6. The Balaban J connectivity index is 2.00. The number of hydrogen-bond donors (Lipinski definition) is 2. The van der Waals surface area contributed by atoms with Crippen molar-refractivity contribution in [2.45, 2.75) is 13.0 Å². The molecule has 1 fully saturated rings. The van der Waals surface area contributed by atoms with Crippen molar-refractivity contribution in [2.75, 3.05) is 33.0 Å². The van der Waals surface area contributed by atoms with Crippen molar-refractivity contribution < 1.29 is 29.3 Å². The minimum atomic E-state index is -0.739. The van der Waals surface area contributed by atoms with Crippen LogP contribution < -0.4 is 4.74 Å². The number of carbonyl (C=O) groups is 2. The number of ether oxygens (including phenoxy) is 2. The van der Waals surface area contributed by atoms with E-state index in [1.54, 1.807) is 24.3 Å². The van der Waals surface area contributed by atoms with Crippen LogP contribution in [0.4, 0.5) is 0 Å². The molecule has 1 atom stereocenters. The fraction of sp³-hybridized carbons (Fsp3) is 0.304. The second kappa shape index (κ2) is 10.0. The van der Waals surface area contributed by atoms with Crippen LogP contribution >= 0.6 is 0 Å². The summed E-state index contributed by atoms with van der Waals surface area (Å²) in [6.07, 6.45) is 0. The van der Waals surface area contributed by atoms with Crippen molar-refractivity contribution in [3.8, 4) is 5.75 Å². The maximum atomic E-state index is 12.9. The fourth-order valence-corrected chi connectivity index (χ4v) is 3.45. The molecule has 0 aliphatic carbocycles. The number of carbonyl (C=O) groups excluding carboxylic acids is 2. The molecule has 1 amide bonds. The van der Waals surface area contributed by atoms with Crippen LogP contribution in [0.15, 0.2) is 60.2 Å². The lowest BCUT2D eigenvalue weighted by atomic mass is 9.95. The first-order chi connectivity index (χ1) is 14.6. The summed E-state index contributed by atoms with van der Waals surface area (Å²) < 4.78 is 10.7. The highest BCUT2D eigenvalue weighted by Crippen LogP contribution is 2.39. The van der Waals surface area contributed by atoms with Crippen LogP contribution in [0, 0.1) is 0 Å². The molecule has 0 radical (unpaired) electrons. The third kappa shape index (κ3) is 4.53. The molecular formula is C23H25NO6. The van der Waals surface area contributed by atoms with Crippen molar-refractivity contribution >= 4 is 17.4 Å². The van der Waals surface area contributed by atoms with Gasteiger partial charge in [-0.15, -0.1) is 0 Å². The van der Waals surface area contributed by atoms with Crippen molar-refractivity contribution in [3.05, 3.63) is 71.3 Å². The monoisotopic (exact) mass is 411 g/mol. The van der Waals surface area contributed by atoms with E-state index in [1.165, 1.54) is 4.90 Å². The van der Waals surface area contributed by atoms with Gasteiger partial charge in [0, 0.05) is 12.1 Å². The number of nitrogens with zero attached hydrogens (tertiary/aromatic N) is 1. The summed E-state index contributed by atoms with van der Waals surface area (Å²) in [7, 11) is 0. The van der Waals surface area contributed by atoms with Gasteiger partial charge in [-0.05, 0) is 36.8 Å². The number of rotatable bonds is 9. The van der Waals surface area contributed by atoms with E-state index in [1.807, 2.05) is 37.3 Å². The molecule has 3 rings (SSSR count). The molecule has 1 saturated heterocycles. The standard InChI is InChI=1S/C23H25NO6/c1-2-30-18-10-8-17(9-11-18)21(26)19-20(16-6-4-3-5-7-16)24(23(28)22(19)27)12-14-29-15-13-25/h3-11,20,25-26H,2,12-15H2,1H3/t20-/m1/s1. The molecule has 7 heteroatoms. The van der Waals surface area contributed by atoms with E-state index in [4.69, 9.17) is 14.6 Å². The maximum Gasteiger partial charge on any atom is 0.295 e. The summed E-state index contributed by atoms with van der Waals surface area (Å²) in [5, 5.41) is 19.8. The zero-order chi connectivity index (χ0) is 21.5. The third-order valence-electron chi connectivity index (χ3n) is 4.81. The molecule has 0 spiro atoms. The number of aliphatic hydroxyl groups is 2. The molecule has 0 aromatic heterocycles. The molecule has 0 saturated carbocycles. The first-order valence-electron chi connectivity index (χ1n) is 9.83. The number of Topliss-reactive ketones (excluding diaryl/α,β-unsaturated/α-hetero) is 1. The van der Waals surface area contributed by atoms with Crippen LogP contribution in [0.5, 0.6) is 5.75 Å². The summed E-state index contributed by atoms with van der Waals surface area (Å²) in [6.45, 7) is 2.73. The molecule has 1 aliphatic rings. The number of aliphatic hydroxyl groups excluding tert-OH is 2. The maximum absolute atomic E-state index is 12.9. The fourth-order valence-electron chi connectivity index (χ4n) is 3.45. The molecule has 1 aliphatic heterocycles. The Morgan fingerprint density at radius 2 is 1.73 bits per heavy atom. The van der Waals surface area contributed by atoms with E-state index in [0.717, 1.165) is 0 Å². The van der Waals surface area contributed by atoms with Crippen LogP contribution in [0.3, 0.4) is 0 Å². The van der Waals surface area contributed by atoms with E-state index < -0.39 is 17.7 Å². The zero-order valence-electron chi connectivity index (χ0n) is 16.8. The Morgan fingerprint density at radius 1 is 1.03 bits per heavy atom. The molecule has 158 valence electrons. The van der Waals surface area contributed by atoms with Crippen LogP contribution in [0.25, 0.3) is 5.76 Å². The highest BCUT2D eigenvalue weighted by atomic mass is 16.5. The Hall–Kier alpha value is -3.16. The quantitative estimate of drug-likeness (QED) is 0.285. The molecule has 2 aromatic rings. The molecule has 0 bridgehead atoms. The number of likely N-dealkylation sites (tertiary alicyclic amines) is 1. The lowest BCUT2D eigenvalue weighted by Gasteiger charge is -2.25. The highest BCUT2D eigenvalue weighted by Gasteiger charge is 2.45. The van der Waals surface area contributed by atoms with Crippen molar-refractivity contribution in [3.63, 3.8) is 0 Å². The van der Waals surface area contributed by atoms with Gasteiger partial charge in [-0.1, -0.05) is 30.3 Å². The molecule has 1 heterocycles. The summed E-state index contributed by atoms with van der Waals surface area (Å²) in [5.74, 6) is -1.01. The van der Waals surface area contributed by atoms with Crippen LogP contribution in [-0.4, -0.2) is 59.8 Å². The van der Waals surface area contributed by atoms with Crippen molar-refractivity contribution in [1.29, 1.82) is 0 Å². The van der Waals surface area contributed by atoms with Gasteiger partial charge in [0.1, 0.15) is 11.5 Å². The molecule has 2 aromatic carbocycles. The summed E-state index contributed by atoms with van der Waals surface area (Å²) in [4.78, 5) is 27.0. The molecular weight excluding hydrogens is 386 g/mol. The summed E-state index contributed by atoms with van der Waals surface area (Å²) in [5.41, 5.74) is 1.18. The van der Waals surface area contributed by atoms with E-state index in [0.29, 0.717) is 23.5 Å². The lowest BCUT2D eigenvalue weighted by molar-refractivity contribution is -0.140. The van der Waals surface area contributed by atoms with Gasteiger partial charge in [0.05, 0.1) is 38.0 Å². The zero-order valence-corrected chi connectivity index (χ0v) is 16.8. The van der Waals surface area contributed by atoms with Gasteiger partial charge >= 0.3 is 0 Å². The van der Waals surface area contributed by atoms with Crippen LogP contribution in [0.2, 0.25) is 0 Å². The van der Waals surface area contributed by atoms with Gasteiger partial charge in [-0.3, -0.25) is 9.59 Å². The van der Waals surface area contributed by atoms with Crippen LogP contribution in [0.1, 0.15) is 24.1 Å². The normalized spacial score (nSPS) is 18.1. The van der Waals surface area contributed by atoms with Gasteiger partial charge in [-0.25, -0.2) is 0 Å². The van der Waals surface area contributed by atoms with Gasteiger partial charge in [0.25, 0.3) is 11.7 Å². The second-order valence-corrected chi connectivity index (χ2v) is 6.70. The second-order valence-electron chi connectivity index (χ2n) is 6.70. The van der Waals surface area contributed by atoms with E-state index in [9.17, 15) is 14.7 Å². The van der Waals surface area contributed by atoms with Crippen molar-refractivity contribution in [2.24, 2.45) is 0 Å². The number of amides is 1. The first kappa shape index (κ1) is 21.5. The van der Waals surface area contributed by atoms with Gasteiger partial charge < -0.3 is 24.6 Å². The van der Waals surface area contributed by atoms with E-state index >= 15 is 0 Å². The summed E-state index contributed by atoms with van der Waals surface area (Å²) >= 11 is 0. The van der Waals surface area contributed by atoms with Gasteiger partial charge in [0.15, 0.2) is 0 Å². The smallest absolute Gasteiger partial charge is 0.295 e. The number of ketones is 1. The Bertz CT molecular complexity index is 907. The minimum absolute atomic E-state index is 0.0394. The largest absolute Gasteiger partial charge is 0.507 e. The Labute approximate surface area is 175 Å². The third-order valence-corrected chi connectivity index (χ3v) is 4.81. The lowest BCUT2D eigenvalue weighted by Crippen LogP contribution is -2.33. The molecule has 2 N–H and O–H groups in total. The summed E-state index contributed by atoms with van der Waals surface area (Å²) in [6, 6.07) is 15.1. The van der Waals surface area contributed by atoms with Gasteiger partial charge in [0.2, 0.25) is 0 Å². The minimum Gasteiger partial charge on any atom is -0.507 e. The van der Waals surface area contributed by atoms with E-state index in [2.05, 4.69) is 0 Å². The first-order valence-corrected chi connectivity index (χ1v) is 9.83.